The number of nitrogens with one attached hydrogen (secondary N) is 1. The highest BCUT2D eigenvalue weighted by Crippen LogP contribution is 2.22. The molecular formula is C15H14N4O. The minimum atomic E-state index is -0.112. The van der Waals surface area contributed by atoms with Gasteiger partial charge in [0.15, 0.2) is 5.65 Å². The van der Waals surface area contributed by atoms with E-state index in [0.29, 0.717) is 5.69 Å². The Morgan fingerprint density at radius 2 is 2.00 bits per heavy atom. The highest BCUT2D eigenvalue weighted by molar-refractivity contribution is 5.91. The van der Waals surface area contributed by atoms with Crippen LogP contribution in [0, 0.1) is 6.92 Å². The number of pyridine rings is 1. The molecule has 0 radical (unpaired) electrons. The lowest BCUT2D eigenvalue weighted by Crippen LogP contribution is -2.06. The van der Waals surface area contributed by atoms with Crippen LogP contribution in [0.15, 0.2) is 42.6 Å². The highest BCUT2D eigenvalue weighted by atomic mass is 16.1. The number of fused-ring (bicyclic) bond motifs is 1. The van der Waals surface area contributed by atoms with Gasteiger partial charge in [-0.1, -0.05) is 18.2 Å². The smallest absolute Gasteiger partial charge is 0.221 e. The van der Waals surface area contributed by atoms with Gasteiger partial charge >= 0.3 is 0 Å². The number of hydrogen-bond acceptors (Lipinski definition) is 3. The van der Waals surface area contributed by atoms with Crippen molar-refractivity contribution in [2.75, 3.05) is 5.32 Å². The zero-order valence-electron chi connectivity index (χ0n) is 11.3. The zero-order valence-corrected chi connectivity index (χ0v) is 11.3. The monoisotopic (exact) mass is 266 g/mol. The largest absolute Gasteiger partial charge is 0.325 e. The SMILES string of the molecule is CC(=O)Nc1cnc2c(c1)c(C)nn2-c1ccccc1. The summed E-state index contributed by atoms with van der Waals surface area (Å²) in [6, 6.07) is 11.7. The Bertz CT molecular complexity index is 777. The van der Waals surface area contributed by atoms with Crippen LogP contribution in [0.1, 0.15) is 12.6 Å². The topological polar surface area (TPSA) is 59.8 Å². The van der Waals surface area contributed by atoms with E-state index in [1.165, 1.54) is 6.92 Å². The van der Waals surface area contributed by atoms with Crippen molar-refractivity contribution in [3.8, 4) is 5.69 Å². The summed E-state index contributed by atoms with van der Waals surface area (Å²) >= 11 is 0. The summed E-state index contributed by atoms with van der Waals surface area (Å²) in [5.74, 6) is -0.112. The predicted octanol–water partition coefficient (Wildman–Crippen LogP) is 2.69. The van der Waals surface area contributed by atoms with E-state index in [4.69, 9.17) is 0 Å². The highest BCUT2D eigenvalue weighted by Gasteiger charge is 2.11. The molecule has 0 atom stereocenters. The second-order valence-electron chi connectivity index (χ2n) is 4.61. The molecule has 100 valence electrons. The van der Waals surface area contributed by atoms with E-state index in [0.717, 1.165) is 22.4 Å². The second kappa shape index (κ2) is 4.77. The fourth-order valence-corrected chi connectivity index (χ4v) is 2.16. The molecule has 0 unspecified atom stereocenters. The van der Waals surface area contributed by atoms with Gasteiger partial charge in [-0.15, -0.1) is 0 Å². The van der Waals surface area contributed by atoms with E-state index in [-0.39, 0.29) is 5.91 Å². The van der Waals surface area contributed by atoms with Gasteiger partial charge in [0.05, 0.1) is 23.3 Å². The standard InChI is InChI=1S/C15H14N4O/c1-10-14-8-12(17-11(2)20)9-16-15(14)19(18-10)13-6-4-3-5-7-13/h3-9H,1-2H3,(H,17,20). The Morgan fingerprint density at radius 1 is 1.25 bits per heavy atom. The number of rotatable bonds is 2. The first-order valence-electron chi connectivity index (χ1n) is 6.33. The van der Waals surface area contributed by atoms with Crippen molar-refractivity contribution in [3.05, 3.63) is 48.3 Å². The molecule has 1 N–H and O–H groups in total. The number of benzene rings is 1. The third kappa shape index (κ3) is 2.14. The van der Waals surface area contributed by atoms with Gasteiger partial charge in [0, 0.05) is 12.3 Å². The molecule has 20 heavy (non-hydrogen) atoms. The normalized spacial score (nSPS) is 10.7. The van der Waals surface area contributed by atoms with Crippen molar-refractivity contribution in [1.82, 2.24) is 14.8 Å². The molecule has 0 saturated carbocycles. The minimum Gasteiger partial charge on any atom is -0.325 e. The number of amides is 1. The van der Waals surface area contributed by atoms with Crippen molar-refractivity contribution in [3.63, 3.8) is 0 Å². The number of carbonyl (C=O) groups excluding carboxylic acids is 1. The molecule has 0 spiro atoms. The molecule has 5 nitrogen and oxygen atoms in total. The fourth-order valence-electron chi connectivity index (χ4n) is 2.16. The number of anilines is 1. The summed E-state index contributed by atoms with van der Waals surface area (Å²) < 4.78 is 1.81. The first-order valence-corrected chi connectivity index (χ1v) is 6.33. The summed E-state index contributed by atoms with van der Waals surface area (Å²) in [6.07, 6.45) is 1.64. The minimum absolute atomic E-state index is 0.112. The summed E-state index contributed by atoms with van der Waals surface area (Å²) in [5, 5.41) is 8.19. The lowest BCUT2D eigenvalue weighted by molar-refractivity contribution is -0.114. The van der Waals surface area contributed by atoms with E-state index in [9.17, 15) is 4.79 Å². The number of para-hydroxylation sites is 1. The Kier molecular flexibility index (Phi) is 2.95. The molecular weight excluding hydrogens is 252 g/mol. The molecule has 5 heteroatoms. The molecule has 0 aliphatic carbocycles. The molecule has 2 heterocycles. The predicted molar refractivity (Wildman–Crippen MR) is 77.9 cm³/mol. The number of aromatic nitrogens is 3. The van der Waals surface area contributed by atoms with E-state index >= 15 is 0 Å². The Balaban J connectivity index is 2.15. The molecule has 1 aromatic carbocycles. The quantitative estimate of drug-likeness (QED) is 0.775. The van der Waals surface area contributed by atoms with E-state index < -0.39 is 0 Å². The number of nitrogens with zero attached hydrogens (tertiary/aromatic N) is 3. The summed E-state index contributed by atoms with van der Waals surface area (Å²) in [5.41, 5.74) is 3.30. The summed E-state index contributed by atoms with van der Waals surface area (Å²) in [4.78, 5) is 15.5. The van der Waals surface area contributed by atoms with Crippen molar-refractivity contribution in [1.29, 1.82) is 0 Å². The molecule has 0 fully saturated rings. The number of hydrogen-bond donors (Lipinski definition) is 1. The van der Waals surface area contributed by atoms with Gasteiger partial charge in [-0.2, -0.15) is 5.10 Å². The van der Waals surface area contributed by atoms with Crippen LogP contribution in [0.2, 0.25) is 0 Å². The van der Waals surface area contributed by atoms with Gasteiger partial charge < -0.3 is 5.32 Å². The van der Waals surface area contributed by atoms with Crippen LogP contribution in [0.5, 0.6) is 0 Å². The van der Waals surface area contributed by atoms with Crippen LogP contribution in [0.4, 0.5) is 5.69 Å². The molecule has 0 bridgehead atoms. The molecule has 2 aromatic heterocycles. The van der Waals surface area contributed by atoms with Crippen molar-refractivity contribution in [2.24, 2.45) is 0 Å². The van der Waals surface area contributed by atoms with E-state index in [1.807, 2.05) is 48.0 Å². The van der Waals surface area contributed by atoms with Crippen LogP contribution < -0.4 is 5.32 Å². The molecule has 0 saturated heterocycles. The average molecular weight is 266 g/mol. The van der Waals surface area contributed by atoms with Gasteiger partial charge in [-0.3, -0.25) is 4.79 Å². The third-order valence-electron chi connectivity index (χ3n) is 3.03. The van der Waals surface area contributed by atoms with Crippen LogP contribution >= 0.6 is 0 Å². The molecule has 3 rings (SSSR count). The van der Waals surface area contributed by atoms with Crippen molar-refractivity contribution in [2.45, 2.75) is 13.8 Å². The lowest BCUT2D eigenvalue weighted by atomic mass is 10.2. The summed E-state index contributed by atoms with van der Waals surface area (Å²) in [7, 11) is 0. The molecule has 3 aromatic rings. The number of carbonyl (C=O) groups is 1. The van der Waals surface area contributed by atoms with Crippen LogP contribution in [-0.4, -0.2) is 20.7 Å². The van der Waals surface area contributed by atoms with E-state index in [1.54, 1.807) is 6.20 Å². The third-order valence-corrected chi connectivity index (χ3v) is 3.03. The average Bonchev–Trinajstić information content (AvgIpc) is 2.76. The van der Waals surface area contributed by atoms with Gasteiger partial charge in [-0.05, 0) is 25.1 Å². The molecule has 0 aliphatic rings. The van der Waals surface area contributed by atoms with Crippen LogP contribution in [0.3, 0.4) is 0 Å². The zero-order chi connectivity index (χ0) is 14.1. The van der Waals surface area contributed by atoms with Gasteiger partial charge in [0.25, 0.3) is 0 Å². The fraction of sp³-hybridized carbons (Fsp3) is 0.133. The Labute approximate surface area is 116 Å². The first kappa shape index (κ1) is 12.3. The lowest BCUT2D eigenvalue weighted by Gasteiger charge is -2.03. The van der Waals surface area contributed by atoms with Crippen molar-refractivity contribution < 1.29 is 4.79 Å². The second-order valence-corrected chi connectivity index (χ2v) is 4.61. The van der Waals surface area contributed by atoms with Gasteiger partial charge in [0.1, 0.15) is 0 Å². The first-order chi connectivity index (χ1) is 9.65. The Morgan fingerprint density at radius 3 is 2.70 bits per heavy atom. The molecule has 1 amide bonds. The number of aryl methyl sites for hydroxylation is 1. The van der Waals surface area contributed by atoms with E-state index in [2.05, 4.69) is 15.4 Å². The maximum absolute atomic E-state index is 11.1. The maximum atomic E-state index is 11.1. The van der Waals surface area contributed by atoms with Crippen LogP contribution in [-0.2, 0) is 4.79 Å². The van der Waals surface area contributed by atoms with Gasteiger partial charge in [0.2, 0.25) is 5.91 Å². The van der Waals surface area contributed by atoms with Gasteiger partial charge in [-0.25, -0.2) is 9.67 Å². The maximum Gasteiger partial charge on any atom is 0.221 e. The summed E-state index contributed by atoms with van der Waals surface area (Å²) in [6.45, 7) is 3.41. The molecule has 0 aliphatic heterocycles. The van der Waals surface area contributed by atoms with Crippen molar-refractivity contribution >= 4 is 22.6 Å². The van der Waals surface area contributed by atoms with Crippen LogP contribution in [0.25, 0.3) is 16.7 Å². The Hall–Kier alpha value is -2.69.